The maximum atomic E-state index is 13.0. The number of carbonyl (C=O) groups is 1. The normalized spacial score (nSPS) is 18.7. The molecule has 2 atom stereocenters. The molecule has 6 nitrogen and oxygen atoms in total. The van der Waals surface area contributed by atoms with Gasteiger partial charge in [-0.1, -0.05) is 38.1 Å². The van der Waals surface area contributed by atoms with Crippen LogP contribution in [0.15, 0.2) is 77.7 Å². The molecule has 1 aliphatic rings. The predicted octanol–water partition coefficient (Wildman–Crippen LogP) is 5.11. The van der Waals surface area contributed by atoms with E-state index in [1.54, 1.807) is 24.3 Å². The quantitative estimate of drug-likeness (QED) is 0.379. The minimum absolute atomic E-state index is 0.178. The van der Waals surface area contributed by atoms with Crippen molar-refractivity contribution in [1.29, 1.82) is 5.26 Å². The van der Waals surface area contributed by atoms with E-state index in [0.717, 1.165) is 17.5 Å². The van der Waals surface area contributed by atoms with Crippen LogP contribution in [0.3, 0.4) is 0 Å². The summed E-state index contributed by atoms with van der Waals surface area (Å²) in [5, 5.41) is 8.92. The molecule has 2 unspecified atom stereocenters. The number of piperidine rings is 1. The van der Waals surface area contributed by atoms with Crippen molar-refractivity contribution in [2.24, 2.45) is 11.8 Å². The molecule has 3 aromatic rings. The van der Waals surface area contributed by atoms with E-state index in [1.807, 2.05) is 24.3 Å². The average molecular weight is 475 g/mol. The molecule has 1 saturated heterocycles. The van der Waals surface area contributed by atoms with Crippen molar-refractivity contribution in [2.45, 2.75) is 25.2 Å². The fraction of sp³-hybridized carbons (Fsp3) is 0.259. The number of nitrogens with zero attached hydrogens (tertiary/aromatic N) is 2. The summed E-state index contributed by atoms with van der Waals surface area (Å²) in [6.07, 6.45) is 1.02. The Morgan fingerprint density at radius 1 is 0.882 bits per heavy atom. The van der Waals surface area contributed by atoms with Gasteiger partial charge in [0.15, 0.2) is 0 Å². The highest BCUT2D eigenvalue weighted by Gasteiger charge is 2.31. The van der Waals surface area contributed by atoms with Crippen molar-refractivity contribution >= 4 is 16.0 Å². The molecular weight excluding hydrogens is 448 g/mol. The van der Waals surface area contributed by atoms with E-state index in [1.165, 1.54) is 28.6 Å². The van der Waals surface area contributed by atoms with E-state index < -0.39 is 16.0 Å². The van der Waals surface area contributed by atoms with Crippen molar-refractivity contribution in [3.8, 4) is 22.9 Å². The predicted molar refractivity (Wildman–Crippen MR) is 130 cm³/mol. The van der Waals surface area contributed by atoms with Crippen LogP contribution in [0.25, 0.3) is 11.1 Å². The summed E-state index contributed by atoms with van der Waals surface area (Å²) in [5.41, 5.74) is 2.75. The van der Waals surface area contributed by atoms with Crippen LogP contribution in [0, 0.1) is 23.2 Å². The van der Waals surface area contributed by atoms with Crippen LogP contribution in [0.5, 0.6) is 5.75 Å². The first-order valence-electron chi connectivity index (χ1n) is 11.2. The van der Waals surface area contributed by atoms with Gasteiger partial charge in [0.2, 0.25) is 10.0 Å². The van der Waals surface area contributed by atoms with Gasteiger partial charge in [-0.25, -0.2) is 13.2 Å². The van der Waals surface area contributed by atoms with Gasteiger partial charge in [0, 0.05) is 13.1 Å². The number of nitriles is 1. The molecule has 0 saturated carbocycles. The highest BCUT2D eigenvalue weighted by Crippen LogP contribution is 2.27. The first-order chi connectivity index (χ1) is 16.3. The number of sulfonamides is 1. The van der Waals surface area contributed by atoms with Gasteiger partial charge in [0.25, 0.3) is 0 Å². The average Bonchev–Trinajstić information content (AvgIpc) is 2.84. The molecule has 3 aromatic carbocycles. The molecule has 7 heteroatoms. The van der Waals surface area contributed by atoms with Gasteiger partial charge < -0.3 is 4.74 Å². The second-order valence-corrected chi connectivity index (χ2v) is 10.8. The highest BCUT2D eigenvalue weighted by atomic mass is 32.2. The van der Waals surface area contributed by atoms with Crippen LogP contribution in [0.4, 0.5) is 0 Å². The number of esters is 1. The Balaban J connectivity index is 1.43. The lowest BCUT2D eigenvalue weighted by molar-refractivity contribution is 0.0734. The Bertz CT molecular complexity index is 1300. The Labute approximate surface area is 200 Å². The highest BCUT2D eigenvalue weighted by molar-refractivity contribution is 7.89. The smallest absolute Gasteiger partial charge is 0.343 e. The molecule has 0 amide bonds. The van der Waals surface area contributed by atoms with Gasteiger partial charge in [-0.3, -0.25) is 0 Å². The zero-order chi connectivity index (χ0) is 24.3. The number of rotatable bonds is 5. The SMILES string of the molecule is CC1CC(C)CN(S(=O)(=O)c2ccc(C(=O)Oc3ccc(-c4ccc(C#N)cc4)cc3)cc2)C1. The van der Waals surface area contributed by atoms with E-state index in [0.29, 0.717) is 36.2 Å². The van der Waals surface area contributed by atoms with E-state index >= 15 is 0 Å². The number of hydrogen-bond donors (Lipinski definition) is 0. The summed E-state index contributed by atoms with van der Waals surface area (Å²) >= 11 is 0. The molecule has 0 N–H and O–H groups in total. The van der Waals surface area contributed by atoms with Crippen molar-refractivity contribution in [3.05, 3.63) is 83.9 Å². The first-order valence-corrected chi connectivity index (χ1v) is 12.6. The number of benzene rings is 3. The fourth-order valence-electron chi connectivity index (χ4n) is 4.33. The molecular formula is C27H26N2O4S. The third kappa shape index (κ3) is 5.19. The van der Waals surface area contributed by atoms with Crippen LogP contribution in [0.2, 0.25) is 0 Å². The lowest BCUT2D eigenvalue weighted by atomic mass is 9.94. The van der Waals surface area contributed by atoms with Crippen LogP contribution < -0.4 is 4.74 Å². The molecule has 1 fully saturated rings. The number of carbonyl (C=O) groups excluding carboxylic acids is 1. The molecule has 174 valence electrons. The van der Waals surface area contributed by atoms with Crippen molar-refractivity contribution in [1.82, 2.24) is 4.31 Å². The zero-order valence-electron chi connectivity index (χ0n) is 19.1. The van der Waals surface area contributed by atoms with Crippen LogP contribution in [-0.2, 0) is 10.0 Å². The molecule has 0 spiro atoms. The molecule has 0 bridgehead atoms. The maximum absolute atomic E-state index is 13.0. The van der Waals surface area contributed by atoms with E-state index in [9.17, 15) is 13.2 Å². The standard InChI is InChI=1S/C27H26N2O4S/c1-19-15-20(2)18-29(17-19)34(31,32)26-13-9-24(10-14-26)27(30)33-25-11-7-23(8-12-25)22-5-3-21(16-28)4-6-22/h3-14,19-20H,15,17-18H2,1-2H3. The van der Waals surface area contributed by atoms with E-state index in [-0.39, 0.29) is 10.5 Å². The summed E-state index contributed by atoms with van der Waals surface area (Å²) in [4.78, 5) is 12.8. The lowest BCUT2D eigenvalue weighted by Gasteiger charge is -2.34. The van der Waals surface area contributed by atoms with Gasteiger partial charge in [0.1, 0.15) is 5.75 Å². The van der Waals surface area contributed by atoms with E-state index in [4.69, 9.17) is 10.00 Å². The Morgan fingerprint density at radius 3 is 1.94 bits per heavy atom. The van der Waals surface area contributed by atoms with Crippen molar-refractivity contribution < 1.29 is 17.9 Å². The Kier molecular flexibility index (Phi) is 6.82. The van der Waals surface area contributed by atoms with E-state index in [2.05, 4.69) is 19.9 Å². The second-order valence-electron chi connectivity index (χ2n) is 8.90. The summed E-state index contributed by atoms with van der Waals surface area (Å²) in [6.45, 7) is 5.15. The number of ether oxygens (including phenoxy) is 1. The molecule has 0 aromatic heterocycles. The summed E-state index contributed by atoms with van der Waals surface area (Å²) in [7, 11) is -3.60. The van der Waals surface area contributed by atoms with Crippen LogP contribution in [0.1, 0.15) is 36.2 Å². The van der Waals surface area contributed by atoms with Gasteiger partial charge in [-0.15, -0.1) is 0 Å². The second kappa shape index (κ2) is 9.80. The fourth-order valence-corrected chi connectivity index (χ4v) is 6.01. The molecule has 0 aliphatic carbocycles. The van der Waals surface area contributed by atoms with Crippen LogP contribution >= 0.6 is 0 Å². The van der Waals surface area contributed by atoms with Gasteiger partial charge >= 0.3 is 5.97 Å². The van der Waals surface area contributed by atoms with Gasteiger partial charge in [-0.2, -0.15) is 9.57 Å². The topological polar surface area (TPSA) is 87.5 Å². The molecule has 1 heterocycles. The van der Waals surface area contributed by atoms with Crippen molar-refractivity contribution in [3.63, 3.8) is 0 Å². The van der Waals surface area contributed by atoms with Gasteiger partial charge in [0.05, 0.1) is 22.1 Å². The minimum Gasteiger partial charge on any atom is -0.423 e. The molecule has 34 heavy (non-hydrogen) atoms. The monoisotopic (exact) mass is 474 g/mol. The largest absolute Gasteiger partial charge is 0.423 e. The third-order valence-corrected chi connectivity index (χ3v) is 7.82. The molecule has 0 radical (unpaired) electrons. The van der Waals surface area contributed by atoms with Crippen molar-refractivity contribution in [2.75, 3.05) is 13.1 Å². The van der Waals surface area contributed by atoms with Gasteiger partial charge in [-0.05, 0) is 77.9 Å². The maximum Gasteiger partial charge on any atom is 0.343 e. The molecule has 1 aliphatic heterocycles. The summed E-state index contributed by atoms with van der Waals surface area (Å²) in [5.74, 6) is 0.456. The minimum atomic E-state index is -3.60. The summed E-state index contributed by atoms with van der Waals surface area (Å²) in [6, 6.07) is 22.3. The third-order valence-electron chi connectivity index (χ3n) is 5.98. The first kappa shape index (κ1) is 23.7. The molecule has 4 rings (SSSR count). The van der Waals surface area contributed by atoms with Crippen LogP contribution in [-0.4, -0.2) is 31.8 Å². The summed E-state index contributed by atoms with van der Waals surface area (Å²) < 4.78 is 33.1. The lowest BCUT2D eigenvalue weighted by Crippen LogP contribution is -2.42. The number of hydrogen-bond acceptors (Lipinski definition) is 5. The zero-order valence-corrected chi connectivity index (χ0v) is 20.0. The Hall–Kier alpha value is -3.47. The Morgan fingerprint density at radius 2 is 1.41 bits per heavy atom.